The third kappa shape index (κ3) is 1.49. The van der Waals surface area contributed by atoms with Crippen LogP contribution in [-0.4, -0.2) is 4.21 Å². The first-order valence-corrected chi connectivity index (χ1v) is 4.28. The summed E-state index contributed by atoms with van der Waals surface area (Å²) in [7, 11) is -1.15. The summed E-state index contributed by atoms with van der Waals surface area (Å²) in [6.45, 7) is 7.16. The van der Waals surface area contributed by atoms with Crippen LogP contribution in [0.25, 0.3) is 0 Å². The van der Waals surface area contributed by atoms with E-state index in [0.29, 0.717) is 4.91 Å². The summed E-state index contributed by atoms with van der Waals surface area (Å²) in [5, 5.41) is 0. The van der Waals surface area contributed by atoms with Crippen molar-refractivity contribution in [3.8, 4) is 0 Å². The number of allylic oxidation sites excluding steroid dienone is 4. The Bertz CT molecular complexity index is 276. The molecule has 3 heteroatoms. The molecule has 0 aromatic rings. The van der Waals surface area contributed by atoms with Crippen LogP contribution in [0.15, 0.2) is 48.1 Å². The van der Waals surface area contributed by atoms with Crippen molar-refractivity contribution in [2.75, 3.05) is 0 Å². The van der Waals surface area contributed by atoms with E-state index in [1.807, 2.05) is 6.08 Å². The Kier molecular flexibility index (Phi) is 2.44. The lowest BCUT2D eigenvalue weighted by Gasteiger charge is -2.09. The molecule has 1 aliphatic heterocycles. The van der Waals surface area contributed by atoms with Crippen molar-refractivity contribution in [2.24, 2.45) is 0 Å². The fourth-order valence-corrected chi connectivity index (χ4v) is 1.64. The van der Waals surface area contributed by atoms with Gasteiger partial charge in [-0.1, -0.05) is 25.3 Å². The smallest absolute Gasteiger partial charge is 0.150 e. The highest BCUT2D eigenvalue weighted by molar-refractivity contribution is 7.87. The fourth-order valence-electron chi connectivity index (χ4n) is 0.800. The Labute approximate surface area is 68.6 Å². The van der Waals surface area contributed by atoms with Gasteiger partial charge < -0.3 is 4.72 Å². The Morgan fingerprint density at radius 3 is 2.64 bits per heavy atom. The molecule has 1 aliphatic rings. The SMILES string of the molecule is C=CC1=C(C=C)S(=O)NC=C1. The minimum absolute atomic E-state index is 0.683. The summed E-state index contributed by atoms with van der Waals surface area (Å²) in [5.41, 5.74) is 0.858. The summed E-state index contributed by atoms with van der Waals surface area (Å²) in [5.74, 6) is 0. The maximum Gasteiger partial charge on any atom is 0.150 e. The molecule has 0 bridgehead atoms. The number of nitrogens with one attached hydrogen (secondary N) is 1. The largest absolute Gasteiger partial charge is 0.308 e. The molecule has 1 heterocycles. The molecule has 0 aliphatic carbocycles. The maximum atomic E-state index is 11.2. The average Bonchev–Trinajstić information content (AvgIpc) is 2.04. The predicted molar refractivity (Wildman–Crippen MR) is 47.8 cm³/mol. The van der Waals surface area contributed by atoms with E-state index in [9.17, 15) is 4.21 Å². The Hall–Kier alpha value is -1.09. The summed E-state index contributed by atoms with van der Waals surface area (Å²) in [6, 6.07) is 0. The molecule has 11 heavy (non-hydrogen) atoms. The highest BCUT2D eigenvalue weighted by Gasteiger charge is 2.08. The zero-order valence-corrected chi connectivity index (χ0v) is 6.86. The second-order valence-electron chi connectivity index (χ2n) is 1.95. The first-order valence-electron chi connectivity index (χ1n) is 3.13. The summed E-state index contributed by atoms with van der Waals surface area (Å²) in [6.07, 6.45) is 6.68. The van der Waals surface area contributed by atoms with E-state index < -0.39 is 11.0 Å². The highest BCUT2D eigenvalue weighted by Crippen LogP contribution is 2.14. The Balaban J connectivity index is 3.14. The van der Waals surface area contributed by atoms with E-state index in [1.165, 1.54) is 0 Å². The number of hydrogen-bond donors (Lipinski definition) is 1. The monoisotopic (exact) mass is 167 g/mol. The maximum absolute atomic E-state index is 11.2. The van der Waals surface area contributed by atoms with E-state index in [-0.39, 0.29) is 0 Å². The summed E-state index contributed by atoms with van der Waals surface area (Å²) < 4.78 is 13.8. The first-order chi connectivity index (χ1) is 5.29. The zero-order chi connectivity index (χ0) is 8.27. The van der Waals surface area contributed by atoms with E-state index in [0.717, 1.165) is 5.57 Å². The number of hydrogen-bond acceptors (Lipinski definition) is 1. The molecular weight excluding hydrogens is 158 g/mol. The average molecular weight is 167 g/mol. The van der Waals surface area contributed by atoms with Crippen molar-refractivity contribution in [3.05, 3.63) is 48.1 Å². The lowest BCUT2D eigenvalue weighted by Crippen LogP contribution is -2.15. The van der Waals surface area contributed by atoms with Gasteiger partial charge in [-0.05, 0) is 11.6 Å². The lowest BCUT2D eigenvalue weighted by molar-refractivity contribution is 0.683. The molecular formula is C8H9NOS. The zero-order valence-electron chi connectivity index (χ0n) is 6.04. The Morgan fingerprint density at radius 1 is 1.45 bits per heavy atom. The summed E-state index contributed by atoms with van der Waals surface area (Å²) in [4.78, 5) is 0.683. The van der Waals surface area contributed by atoms with Gasteiger partial charge >= 0.3 is 0 Å². The molecule has 0 spiro atoms. The molecule has 1 atom stereocenters. The van der Waals surface area contributed by atoms with Crippen molar-refractivity contribution >= 4 is 11.0 Å². The van der Waals surface area contributed by atoms with E-state index in [4.69, 9.17) is 0 Å². The molecule has 0 fully saturated rings. The Morgan fingerprint density at radius 2 is 2.18 bits per heavy atom. The quantitative estimate of drug-likeness (QED) is 0.661. The molecule has 1 rings (SSSR count). The van der Waals surface area contributed by atoms with E-state index >= 15 is 0 Å². The summed E-state index contributed by atoms with van der Waals surface area (Å²) >= 11 is 0. The molecule has 0 aromatic heterocycles. The van der Waals surface area contributed by atoms with Crippen molar-refractivity contribution in [2.45, 2.75) is 0 Å². The van der Waals surface area contributed by atoms with Crippen LogP contribution in [0.2, 0.25) is 0 Å². The minimum Gasteiger partial charge on any atom is -0.308 e. The molecule has 2 nitrogen and oxygen atoms in total. The second-order valence-corrected chi connectivity index (χ2v) is 3.16. The van der Waals surface area contributed by atoms with Crippen molar-refractivity contribution in [1.29, 1.82) is 0 Å². The van der Waals surface area contributed by atoms with Gasteiger partial charge in [-0.2, -0.15) is 0 Å². The van der Waals surface area contributed by atoms with Gasteiger partial charge in [-0.3, -0.25) is 0 Å². The van der Waals surface area contributed by atoms with Crippen LogP contribution in [-0.2, 0) is 11.0 Å². The fraction of sp³-hybridized carbons (Fsp3) is 0. The molecule has 1 N–H and O–H groups in total. The van der Waals surface area contributed by atoms with E-state index in [2.05, 4.69) is 17.9 Å². The van der Waals surface area contributed by atoms with Gasteiger partial charge in [-0.25, -0.2) is 4.21 Å². The molecule has 0 aromatic carbocycles. The standard InChI is InChI=1S/C8H9NOS/c1-3-7-5-6-9-11(10)8(7)4-2/h3-6,9H,1-2H2. The predicted octanol–water partition coefficient (Wildman–Crippen LogP) is 1.39. The van der Waals surface area contributed by atoms with Crippen molar-refractivity contribution < 1.29 is 4.21 Å². The van der Waals surface area contributed by atoms with Crippen LogP contribution in [0.5, 0.6) is 0 Å². The van der Waals surface area contributed by atoms with Crippen LogP contribution in [0.4, 0.5) is 0 Å². The third-order valence-electron chi connectivity index (χ3n) is 1.33. The first kappa shape index (κ1) is 8.01. The molecule has 0 amide bonds. The number of rotatable bonds is 2. The molecule has 58 valence electrons. The molecule has 1 unspecified atom stereocenters. The van der Waals surface area contributed by atoms with Crippen LogP contribution >= 0.6 is 0 Å². The van der Waals surface area contributed by atoms with E-state index in [1.54, 1.807) is 18.4 Å². The van der Waals surface area contributed by atoms with Gasteiger partial charge in [0.25, 0.3) is 0 Å². The van der Waals surface area contributed by atoms with Gasteiger partial charge in [0.2, 0.25) is 0 Å². The third-order valence-corrected chi connectivity index (χ3v) is 2.48. The normalized spacial score (nSPS) is 22.7. The van der Waals surface area contributed by atoms with Crippen LogP contribution in [0.1, 0.15) is 0 Å². The van der Waals surface area contributed by atoms with Gasteiger partial charge in [0.05, 0.1) is 4.91 Å². The van der Waals surface area contributed by atoms with Crippen molar-refractivity contribution in [3.63, 3.8) is 0 Å². The second kappa shape index (κ2) is 3.34. The van der Waals surface area contributed by atoms with Crippen LogP contribution in [0.3, 0.4) is 0 Å². The lowest BCUT2D eigenvalue weighted by atomic mass is 10.2. The molecule has 0 saturated carbocycles. The van der Waals surface area contributed by atoms with Gasteiger partial charge in [0, 0.05) is 6.20 Å². The van der Waals surface area contributed by atoms with Gasteiger partial charge in [0.1, 0.15) is 11.0 Å². The highest BCUT2D eigenvalue weighted by atomic mass is 32.2. The van der Waals surface area contributed by atoms with Gasteiger partial charge in [0.15, 0.2) is 0 Å². The van der Waals surface area contributed by atoms with Crippen LogP contribution < -0.4 is 4.72 Å². The molecule has 0 radical (unpaired) electrons. The molecule has 0 saturated heterocycles. The van der Waals surface area contributed by atoms with Gasteiger partial charge in [-0.15, -0.1) is 0 Å². The van der Waals surface area contributed by atoms with Crippen molar-refractivity contribution in [1.82, 2.24) is 4.72 Å². The van der Waals surface area contributed by atoms with Crippen LogP contribution in [0, 0.1) is 0 Å². The minimum atomic E-state index is -1.15. The topological polar surface area (TPSA) is 29.1 Å².